The molecule has 1 spiro atoms. The quantitative estimate of drug-likeness (QED) is 0.549. The zero-order valence-corrected chi connectivity index (χ0v) is 14.4. The van der Waals surface area contributed by atoms with Gasteiger partial charge in [0.05, 0.1) is 5.60 Å². The molecule has 1 atom stereocenters. The fourth-order valence-electron chi connectivity index (χ4n) is 3.19. The number of halogens is 1. The zero-order valence-electron chi connectivity index (χ0n) is 11.4. The number of benzene rings is 1. The lowest BCUT2D eigenvalue weighted by molar-refractivity contribution is -0.0959. The monoisotopic (exact) mass is 402 g/mol. The molecule has 0 amide bonds. The molecule has 2 aliphatic rings. The van der Waals surface area contributed by atoms with Gasteiger partial charge in [0.1, 0.15) is 0 Å². The number of thioether (sulfide) groups is 1. The fourth-order valence-corrected chi connectivity index (χ4v) is 4.79. The first kappa shape index (κ1) is 14.9. The van der Waals surface area contributed by atoms with Crippen LogP contribution in [-0.4, -0.2) is 29.5 Å². The smallest absolute Gasteiger partial charge is 0.166 e. The Morgan fingerprint density at radius 3 is 2.65 bits per heavy atom. The van der Waals surface area contributed by atoms with Gasteiger partial charge >= 0.3 is 0 Å². The van der Waals surface area contributed by atoms with Crippen molar-refractivity contribution in [2.24, 2.45) is 5.92 Å². The Labute approximate surface area is 138 Å². The summed E-state index contributed by atoms with van der Waals surface area (Å²) in [5.41, 5.74) is 0.852. The minimum atomic E-state index is -0.00691. The van der Waals surface area contributed by atoms with Gasteiger partial charge in [-0.3, -0.25) is 4.79 Å². The Hall–Kier alpha value is -0.0700. The van der Waals surface area contributed by atoms with Crippen LogP contribution in [0, 0.1) is 9.49 Å². The normalized spacial score (nSPS) is 25.6. The van der Waals surface area contributed by atoms with Crippen molar-refractivity contribution in [2.75, 3.05) is 18.1 Å². The molecule has 0 radical (unpaired) electrons. The molecule has 2 saturated heterocycles. The summed E-state index contributed by atoms with van der Waals surface area (Å²) >= 11 is 4.28. The van der Waals surface area contributed by atoms with Gasteiger partial charge in [-0.1, -0.05) is 12.1 Å². The number of hydrogen-bond acceptors (Lipinski definition) is 3. The topological polar surface area (TPSA) is 26.3 Å². The van der Waals surface area contributed by atoms with Crippen molar-refractivity contribution in [1.29, 1.82) is 0 Å². The Morgan fingerprint density at radius 1 is 1.25 bits per heavy atom. The van der Waals surface area contributed by atoms with E-state index in [1.165, 1.54) is 15.1 Å². The van der Waals surface area contributed by atoms with Crippen LogP contribution >= 0.6 is 34.4 Å². The van der Waals surface area contributed by atoms with E-state index in [1.54, 1.807) is 0 Å². The van der Waals surface area contributed by atoms with Gasteiger partial charge in [0.25, 0.3) is 0 Å². The number of ether oxygens (including phenoxy) is 1. The van der Waals surface area contributed by atoms with E-state index in [-0.39, 0.29) is 11.5 Å². The van der Waals surface area contributed by atoms with Crippen molar-refractivity contribution in [3.8, 4) is 0 Å². The lowest BCUT2D eigenvalue weighted by Crippen LogP contribution is -2.44. The summed E-state index contributed by atoms with van der Waals surface area (Å²) in [6.07, 6.45) is 4.00. The minimum Gasteiger partial charge on any atom is -0.375 e. The number of Topliss-reactive ketones (excluding diaryl/α,β-unsaturated/α-hetero) is 1. The average molecular weight is 402 g/mol. The number of hydrogen-bond donors (Lipinski definition) is 0. The molecule has 4 heteroatoms. The molecule has 0 N–H and O–H groups in total. The Balaban J connectivity index is 1.73. The first-order chi connectivity index (χ1) is 9.69. The Bertz CT molecular complexity index is 474. The molecule has 0 bridgehead atoms. The van der Waals surface area contributed by atoms with Crippen LogP contribution in [-0.2, 0) is 4.74 Å². The molecule has 2 fully saturated rings. The average Bonchev–Trinajstić information content (AvgIpc) is 2.48. The molecule has 1 aromatic carbocycles. The van der Waals surface area contributed by atoms with Crippen molar-refractivity contribution >= 4 is 40.1 Å². The molecule has 0 aliphatic carbocycles. The fraction of sp³-hybridized carbons (Fsp3) is 0.562. The van der Waals surface area contributed by atoms with E-state index in [0.29, 0.717) is 5.78 Å². The van der Waals surface area contributed by atoms with Crippen molar-refractivity contribution < 1.29 is 9.53 Å². The highest BCUT2D eigenvalue weighted by atomic mass is 127. The van der Waals surface area contributed by atoms with Gasteiger partial charge in [-0.05, 0) is 71.9 Å². The van der Waals surface area contributed by atoms with Crippen LogP contribution < -0.4 is 0 Å². The second kappa shape index (κ2) is 6.36. The van der Waals surface area contributed by atoms with Crippen molar-refractivity contribution in [1.82, 2.24) is 0 Å². The molecule has 108 valence electrons. The van der Waals surface area contributed by atoms with E-state index >= 15 is 0 Å². The third-order valence-corrected chi connectivity index (χ3v) is 6.10. The van der Waals surface area contributed by atoms with Gasteiger partial charge in [-0.15, -0.1) is 0 Å². The predicted octanol–water partition coefficient (Wildman–Crippen LogP) is 4.17. The summed E-state index contributed by atoms with van der Waals surface area (Å²) in [7, 11) is 0. The molecule has 3 rings (SSSR count). The first-order valence-electron chi connectivity index (χ1n) is 7.20. The molecule has 1 aromatic rings. The van der Waals surface area contributed by atoms with Crippen LogP contribution in [0.1, 0.15) is 36.0 Å². The SMILES string of the molecule is O=C(c1ccc(I)cc1)C1CCOC2(CCSCC2)C1. The van der Waals surface area contributed by atoms with E-state index in [0.717, 1.165) is 37.9 Å². The molecule has 0 aromatic heterocycles. The highest BCUT2D eigenvalue weighted by Crippen LogP contribution is 2.40. The molecule has 1 unspecified atom stereocenters. The number of carbonyl (C=O) groups excluding carboxylic acids is 1. The van der Waals surface area contributed by atoms with Gasteiger partial charge in [0, 0.05) is 21.7 Å². The van der Waals surface area contributed by atoms with E-state index < -0.39 is 0 Å². The van der Waals surface area contributed by atoms with E-state index in [4.69, 9.17) is 4.74 Å². The Morgan fingerprint density at radius 2 is 1.95 bits per heavy atom. The van der Waals surface area contributed by atoms with E-state index in [9.17, 15) is 4.79 Å². The Kier molecular flexibility index (Phi) is 4.72. The summed E-state index contributed by atoms with van der Waals surface area (Å²) in [4.78, 5) is 12.7. The van der Waals surface area contributed by atoms with Crippen LogP contribution in [0.2, 0.25) is 0 Å². The zero-order chi connectivity index (χ0) is 14.0. The van der Waals surface area contributed by atoms with Crippen LogP contribution in [0.5, 0.6) is 0 Å². The first-order valence-corrected chi connectivity index (χ1v) is 9.43. The number of ketones is 1. The van der Waals surface area contributed by atoms with Gasteiger partial charge in [0.2, 0.25) is 0 Å². The van der Waals surface area contributed by atoms with Crippen LogP contribution in [0.25, 0.3) is 0 Å². The van der Waals surface area contributed by atoms with Crippen molar-refractivity contribution in [3.05, 3.63) is 33.4 Å². The second-order valence-corrected chi connectivity index (χ2v) is 8.18. The predicted molar refractivity (Wildman–Crippen MR) is 91.5 cm³/mol. The molecular weight excluding hydrogens is 383 g/mol. The lowest BCUT2D eigenvalue weighted by atomic mass is 9.79. The van der Waals surface area contributed by atoms with Crippen molar-refractivity contribution in [3.63, 3.8) is 0 Å². The van der Waals surface area contributed by atoms with Crippen LogP contribution in [0.3, 0.4) is 0 Å². The molecule has 2 aliphatic heterocycles. The summed E-state index contributed by atoms with van der Waals surface area (Å²) < 4.78 is 7.25. The lowest BCUT2D eigenvalue weighted by Gasteiger charge is -2.42. The highest BCUT2D eigenvalue weighted by molar-refractivity contribution is 14.1. The standard InChI is InChI=1S/C16H19IO2S/c17-14-3-1-12(2-4-14)15(18)13-5-8-19-16(11-13)6-9-20-10-7-16/h1-4,13H,5-11H2. The third kappa shape index (κ3) is 3.22. The van der Waals surface area contributed by atoms with E-state index in [2.05, 4.69) is 22.6 Å². The molecule has 0 saturated carbocycles. The summed E-state index contributed by atoms with van der Waals surface area (Å²) in [5, 5.41) is 0. The number of rotatable bonds is 2. The van der Waals surface area contributed by atoms with Gasteiger partial charge in [-0.2, -0.15) is 11.8 Å². The third-order valence-electron chi connectivity index (χ3n) is 4.40. The van der Waals surface area contributed by atoms with Crippen LogP contribution in [0.4, 0.5) is 0 Å². The molecule has 2 heterocycles. The second-order valence-electron chi connectivity index (χ2n) is 5.70. The largest absolute Gasteiger partial charge is 0.375 e. The molecule has 20 heavy (non-hydrogen) atoms. The maximum absolute atomic E-state index is 12.7. The number of carbonyl (C=O) groups is 1. The minimum absolute atomic E-state index is 0.00691. The van der Waals surface area contributed by atoms with Gasteiger partial charge < -0.3 is 4.74 Å². The maximum atomic E-state index is 12.7. The molecule has 2 nitrogen and oxygen atoms in total. The maximum Gasteiger partial charge on any atom is 0.166 e. The van der Waals surface area contributed by atoms with Crippen molar-refractivity contribution in [2.45, 2.75) is 31.3 Å². The van der Waals surface area contributed by atoms with Gasteiger partial charge in [0.15, 0.2) is 5.78 Å². The highest BCUT2D eigenvalue weighted by Gasteiger charge is 2.40. The van der Waals surface area contributed by atoms with E-state index in [1.807, 2.05) is 36.0 Å². The van der Waals surface area contributed by atoms with Gasteiger partial charge in [-0.25, -0.2) is 0 Å². The molecular formula is C16H19IO2S. The van der Waals surface area contributed by atoms with Crippen LogP contribution in [0.15, 0.2) is 24.3 Å². The summed E-state index contributed by atoms with van der Waals surface area (Å²) in [6, 6.07) is 7.95. The summed E-state index contributed by atoms with van der Waals surface area (Å²) in [5.74, 6) is 2.80. The summed E-state index contributed by atoms with van der Waals surface area (Å²) in [6.45, 7) is 0.742.